The van der Waals surface area contributed by atoms with Gasteiger partial charge in [0.25, 0.3) is 0 Å². The van der Waals surface area contributed by atoms with E-state index in [4.69, 9.17) is 4.74 Å². The lowest BCUT2D eigenvalue weighted by Crippen LogP contribution is -1.96. The van der Waals surface area contributed by atoms with Crippen LogP contribution in [0.4, 0.5) is 11.4 Å². The van der Waals surface area contributed by atoms with Crippen LogP contribution in [0.3, 0.4) is 0 Å². The third-order valence-electron chi connectivity index (χ3n) is 5.64. The minimum atomic E-state index is 0.784. The zero-order valence-corrected chi connectivity index (χ0v) is 19.8. The van der Waals surface area contributed by atoms with Gasteiger partial charge in [0.2, 0.25) is 0 Å². The molecule has 170 valence electrons. The van der Waals surface area contributed by atoms with E-state index in [0.29, 0.717) is 0 Å². The maximum absolute atomic E-state index is 5.78. The molecule has 0 spiro atoms. The summed E-state index contributed by atoms with van der Waals surface area (Å²) in [5.41, 5.74) is 3.14. The van der Waals surface area contributed by atoms with Crippen LogP contribution in [-0.4, -0.2) is 6.61 Å². The number of unbranched alkanes of at least 4 members (excludes halogenated alkanes) is 10. The van der Waals surface area contributed by atoms with E-state index in [0.717, 1.165) is 36.6 Å². The molecule has 0 atom stereocenters. The summed E-state index contributed by atoms with van der Waals surface area (Å²) in [6.45, 7) is 5.28. The van der Waals surface area contributed by atoms with Gasteiger partial charge in [-0.05, 0) is 61.2 Å². The van der Waals surface area contributed by atoms with Crippen molar-refractivity contribution in [1.82, 2.24) is 0 Å². The molecular formula is C28H42N2O. The molecule has 0 saturated carbocycles. The fourth-order valence-corrected chi connectivity index (χ4v) is 3.64. The summed E-state index contributed by atoms with van der Waals surface area (Å²) in [4.78, 5) is 0. The van der Waals surface area contributed by atoms with Crippen LogP contribution in [0.15, 0.2) is 58.8 Å². The van der Waals surface area contributed by atoms with Gasteiger partial charge in [0, 0.05) is 0 Å². The molecule has 0 N–H and O–H groups in total. The molecule has 2 aromatic rings. The fourth-order valence-electron chi connectivity index (χ4n) is 3.64. The van der Waals surface area contributed by atoms with Crippen LogP contribution >= 0.6 is 0 Å². The highest BCUT2D eigenvalue weighted by molar-refractivity contribution is 5.43. The molecule has 0 bridgehead atoms. The van der Waals surface area contributed by atoms with E-state index >= 15 is 0 Å². The zero-order valence-electron chi connectivity index (χ0n) is 19.8. The minimum absolute atomic E-state index is 0.784. The van der Waals surface area contributed by atoms with Gasteiger partial charge < -0.3 is 4.74 Å². The summed E-state index contributed by atoms with van der Waals surface area (Å²) in [6, 6.07) is 16.4. The summed E-state index contributed by atoms with van der Waals surface area (Å²) in [5, 5.41) is 8.73. The van der Waals surface area contributed by atoms with Gasteiger partial charge in [-0.3, -0.25) is 0 Å². The van der Waals surface area contributed by atoms with Crippen molar-refractivity contribution in [2.45, 2.75) is 97.3 Å². The molecule has 3 nitrogen and oxygen atoms in total. The summed E-state index contributed by atoms with van der Waals surface area (Å²) >= 11 is 0. The third-order valence-corrected chi connectivity index (χ3v) is 5.64. The molecule has 0 fully saturated rings. The fraction of sp³-hybridized carbons (Fsp3) is 0.571. The number of hydrogen-bond acceptors (Lipinski definition) is 3. The van der Waals surface area contributed by atoms with Gasteiger partial charge >= 0.3 is 0 Å². The van der Waals surface area contributed by atoms with E-state index in [9.17, 15) is 0 Å². The molecule has 0 aliphatic carbocycles. The second-order valence-electron chi connectivity index (χ2n) is 8.49. The van der Waals surface area contributed by atoms with Gasteiger partial charge in [-0.1, -0.05) is 90.2 Å². The van der Waals surface area contributed by atoms with E-state index < -0.39 is 0 Å². The molecule has 2 aromatic carbocycles. The van der Waals surface area contributed by atoms with Gasteiger partial charge in [-0.25, -0.2) is 0 Å². The molecule has 0 aliphatic rings. The van der Waals surface area contributed by atoms with Gasteiger partial charge in [0.15, 0.2) is 0 Å². The Labute approximate surface area is 190 Å². The van der Waals surface area contributed by atoms with Crippen LogP contribution in [0.1, 0.15) is 96.5 Å². The second kappa shape index (κ2) is 16.5. The van der Waals surface area contributed by atoms with Gasteiger partial charge in [0.1, 0.15) is 5.75 Å². The van der Waals surface area contributed by atoms with Crippen LogP contribution in [0.2, 0.25) is 0 Å². The number of benzene rings is 2. The predicted octanol–water partition coefficient (Wildman–Crippen LogP) is 9.74. The number of hydrogen-bond donors (Lipinski definition) is 0. The Bertz CT molecular complexity index is 707. The monoisotopic (exact) mass is 422 g/mol. The summed E-state index contributed by atoms with van der Waals surface area (Å²) in [5.74, 6) is 0.903. The highest BCUT2D eigenvalue weighted by Gasteiger charge is 1.98. The molecule has 31 heavy (non-hydrogen) atoms. The van der Waals surface area contributed by atoms with E-state index in [1.165, 1.54) is 76.2 Å². The highest BCUT2D eigenvalue weighted by atomic mass is 16.5. The van der Waals surface area contributed by atoms with E-state index in [2.05, 4.69) is 48.3 Å². The van der Waals surface area contributed by atoms with Crippen LogP contribution in [-0.2, 0) is 6.42 Å². The van der Waals surface area contributed by atoms with Crippen molar-refractivity contribution in [3.05, 3.63) is 54.1 Å². The maximum atomic E-state index is 5.78. The standard InChI is InChI=1S/C28H42N2O/c1-3-5-7-9-10-11-12-13-15-25-16-18-26(19-17-25)29-30-27-20-22-28(23-21-27)31-24-14-8-6-4-2/h16-23H,3-15,24H2,1-2H3. The Hall–Kier alpha value is -2.16. The number of nitrogens with zero attached hydrogens (tertiary/aromatic N) is 2. The lowest BCUT2D eigenvalue weighted by molar-refractivity contribution is 0.305. The van der Waals surface area contributed by atoms with E-state index in [-0.39, 0.29) is 0 Å². The average Bonchev–Trinajstić information content (AvgIpc) is 2.81. The van der Waals surface area contributed by atoms with Crippen LogP contribution in [0.25, 0.3) is 0 Å². The Morgan fingerprint density at radius 3 is 1.61 bits per heavy atom. The van der Waals surface area contributed by atoms with E-state index in [1.807, 2.05) is 24.3 Å². The molecule has 3 heteroatoms. The van der Waals surface area contributed by atoms with Crippen molar-refractivity contribution in [2.24, 2.45) is 10.2 Å². The Morgan fingerprint density at radius 1 is 0.548 bits per heavy atom. The molecule has 0 saturated heterocycles. The Balaban J connectivity index is 1.65. The van der Waals surface area contributed by atoms with Crippen LogP contribution in [0, 0.1) is 0 Å². The quantitative estimate of drug-likeness (QED) is 0.184. The van der Waals surface area contributed by atoms with Crippen LogP contribution in [0.5, 0.6) is 5.75 Å². The highest BCUT2D eigenvalue weighted by Crippen LogP contribution is 2.22. The normalized spacial score (nSPS) is 11.3. The molecular weight excluding hydrogens is 380 g/mol. The minimum Gasteiger partial charge on any atom is -0.494 e. The first-order valence-corrected chi connectivity index (χ1v) is 12.6. The molecule has 0 aliphatic heterocycles. The molecule has 0 amide bonds. The van der Waals surface area contributed by atoms with Gasteiger partial charge in [-0.15, -0.1) is 0 Å². The molecule has 2 rings (SSSR count). The zero-order chi connectivity index (χ0) is 22.0. The SMILES string of the molecule is CCCCCCCCCCc1ccc(N=Nc2ccc(OCCCCCC)cc2)cc1. The van der Waals surface area contributed by atoms with Crippen molar-refractivity contribution in [2.75, 3.05) is 6.61 Å². The lowest BCUT2D eigenvalue weighted by Gasteiger charge is -2.05. The van der Waals surface area contributed by atoms with Crippen molar-refractivity contribution in [3.8, 4) is 5.75 Å². The number of rotatable bonds is 17. The van der Waals surface area contributed by atoms with Crippen molar-refractivity contribution in [1.29, 1.82) is 0 Å². The van der Waals surface area contributed by atoms with E-state index in [1.54, 1.807) is 0 Å². The van der Waals surface area contributed by atoms with Crippen molar-refractivity contribution in [3.63, 3.8) is 0 Å². The number of aryl methyl sites for hydroxylation is 1. The number of ether oxygens (including phenoxy) is 1. The molecule has 0 heterocycles. The van der Waals surface area contributed by atoms with Crippen LogP contribution < -0.4 is 4.74 Å². The van der Waals surface area contributed by atoms with Gasteiger partial charge in [0.05, 0.1) is 18.0 Å². The first-order chi connectivity index (χ1) is 15.3. The lowest BCUT2D eigenvalue weighted by atomic mass is 10.0. The smallest absolute Gasteiger partial charge is 0.119 e. The average molecular weight is 423 g/mol. The third kappa shape index (κ3) is 11.7. The largest absolute Gasteiger partial charge is 0.494 e. The maximum Gasteiger partial charge on any atom is 0.119 e. The molecule has 0 unspecified atom stereocenters. The summed E-state index contributed by atoms with van der Waals surface area (Å²) < 4.78 is 5.78. The first-order valence-electron chi connectivity index (χ1n) is 12.6. The van der Waals surface area contributed by atoms with Crippen molar-refractivity contribution >= 4 is 11.4 Å². The predicted molar refractivity (Wildman–Crippen MR) is 133 cm³/mol. The Kier molecular flexibility index (Phi) is 13.4. The number of azo groups is 1. The molecule has 0 radical (unpaired) electrons. The molecule has 0 aromatic heterocycles. The van der Waals surface area contributed by atoms with Crippen molar-refractivity contribution < 1.29 is 4.74 Å². The second-order valence-corrected chi connectivity index (χ2v) is 8.49. The van der Waals surface area contributed by atoms with Gasteiger partial charge in [-0.2, -0.15) is 10.2 Å². The Morgan fingerprint density at radius 2 is 1.03 bits per heavy atom. The first kappa shape index (κ1) is 25.1. The topological polar surface area (TPSA) is 34.0 Å². The summed E-state index contributed by atoms with van der Waals surface area (Å²) in [7, 11) is 0. The summed E-state index contributed by atoms with van der Waals surface area (Å²) in [6.07, 6.45) is 17.0.